The SMILES string of the molecule is CCCCCC(=O)Nc1c(I)c(C(=O)O)c(I)c(C(=O)NC)c1I.CNCC(O)C(O)C(O)C(O)CO. The Bertz CT molecular complexity index is 921. The number of halogens is 3. The van der Waals surface area contributed by atoms with Crippen molar-refractivity contribution in [3.8, 4) is 0 Å². The Labute approximate surface area is 256 Å². The molecule has 37 heavy (non-hydrogen) atoms. The molecule has 0 aromatic heterocycles. The lowest BCUT2D eigenvalue weighted by atomic mass is 10.0. The van der Waals surface area contributed by atoms with Crippen LogP contribution in [0.3, 0.4) is 0 Å². The molecule has 2 amide bonds. The highest BCUT2D eigenvalue weighted by atomic mass is 127. The van der Waals surface area contributed by atoms with Gasteiger partial charge in [0.2, 0.25) is 5.91 Å². The molecule has 0 saturated heterocycles. The number of nitrogens with one attached hydrogen (secondary N) is 3. The van der Waals surface area contributed by atoms with Crippen molar-refractivity contribution in [2.45, 2.75) is 57.0 Å². The van der Waals surface area contributed by atoms with Crippen molar-refractivity contribution in [3.63, 3.8) is 0 Å². The predicted octanol–water partition coefficient (Wildman–Crippen LogP) is 0.719. The van der Waals surface area contributed by atoms with Gasteiger partial charge in [0.05, 0.1) is 36.7 Å². The van der Waals surface area contributed by atoms with Crippen LogP contribution < -0.4 is 16.0 Å². The smallest absolute Gasteiger partial charge is 0.337 e. The van der Waals surface area contributed by atoms with Gasteiger partial charge in [-0.2, -0.15) is 0 Å². The Kier molecular flexibility index (Phi) is 18.6. The van der Waals surface area contributed by atoms with E-state index in [9.17, 15) is 24.6 Å². The van der Waals surface area contributed by atoms with Crippen LogP contribution in [0.1, 0.15) is 53.3 Å². The van der Waals surface area contributed by atoms with Gasteiger partial charge in [-0.15, -0.1) is 0 Å². The summed E-state index contributed by atoms with van der Waals surface area (Å²) in [6, 6.07) is 0. The number of benzene rings is 1. The van der Waals surface area contributed by atoms with Crippen molar-refractivity contribution in [1.29, 1.82) is 0 Å². The zero-order chi connectivity index (χ0) is 28.9. The number of anilines is 1. The fourth-order valence-corrected chi connectivity index (χ4v) is 7.30. The van der Waals surface area contributed by atoms with Crippen LogP contribution in [0.15, 0.2) is 0 Å². The maximum absolute atomic E-state index is 12.2. The van der Waals surface area contributed by atoms with Crippen molar-refractivity contribution in [2.24, 2.45) is 0 Å². The van der Waals surface area contributed by atoms with E-state index in [1.807, 2.05) is 67.8 Å². The van der Waals surface area contributed by atoms with Crippen molar-refractivity contribution in [3.05, 3.63) is 21.8 Å². The van der Waals surface area contributed by atoms with Crippen LogP contribution in [-0.2, 0) is 4.79 Å². The summed E-state index contributed by atoms with van der Waals surface area (Å²) >= 11 is 5.73. The Morgan fingerprint density at radius 1 is 0.865 bits per heavy atom. The van der Waals surface area contributed by atoms with E-state index in [1.165, 1.54) is 7.05 Å². The number of carboxylic acids is 1. The Balaban J connectivity index is 0.000000845. The van der Waals surface area contributed by atoms with Crippen LogP contribution in [0.2, 0.25) is 0 Å². The number of hydrogen-bond acceptors (Lipinski definition) is 9. The third-order valence-corrected chi connectivity index (χ3v) is 8.23. The van der Waals surface area contributed by atoms with Crippen LogP contribution in [0.25, 0.3) is 0 Å². The molecular formula is C22H34I3N3O9. The average molecular weight is 865 g/mol. The number of carbonyl (C=O) groups excluding carboxylic acids is 2. The molecule has 12 nitrogen and oxygen atoms in total. The van der Waals surface area contributed by atoms with E-state index in [0.29, 0.717) is 22.8 Å². The molecule has 212 valence electrons. The molecule has 4 unspecified atom stereocenters. The lowest BCUT2D eigenvalue weighted by Gasteiger charge is -2.25. The second kappa shape index (κ2) is 18.8. The number of hydrogen-bond donors (Lipinski definition) is 9. The maximum Gasteiger partial charge on any atom is 0.337 e. The van der Waals surface area contributed by atoms with Crippen LogP contribution in [-0.4, -0.2) is 100 Å². The fraction of sp³-hybridized carbons (Fsp3) is 0.591. The van der Waals surface area contributed by atoms with Crippen molar-refractivity contribution in [2.75, 3.05) is 32.6 Å². The summed E-state index contributed by atoms with van der Waals surface area (Å²) in [5.74, 6) is -1.70. The lowest BCUT2D eigenvalue weighted by molar-refractivity contribution is -0.116. The standard InChI is InChI=1S/C15H17I3N2O4.C7H17NO5/c1-3-4-5-6-7(21)20-13-11(17)8(14(22)19-2)10(16)9(12(13)18)15(23)24;1-8-2-4(10)6(12)7(13)5(11)3-9/h3-6H2,1-2H3,(H,19,22)(H,20,21)(H,23,24);4-13H,2-3H2,1H3. The number of aromatic carboxylic acids is 1. The normalized spacial score (nSPS) is 14.0. The molecule has 1 rings (SSSR count). The topological polar surface area (TPSA) is 209 Å². The average Bonchev–Trinajstić information content (AvgIpc) is 2.85. The second-order valence-corrected chi connectivity index (χ2v) is 11.0. The van der Waals surface area contributed by atoms with E-state index < -0.39 is 37.0 Å². The van der Waals surface area contributed by atoms with E-state index >= 15 is 0 Å². The number of amides is 2. The van der Waals surface area contributed by atoms with Gasteiger partial charge in [0.25, 0.3) is 5.91 Å². The molecule has 4 atom stereocenters. The van der Waals surface area contributed by atoms with Crippen LogP contribution >= 0.6 is 67.8 Å². The summed E-state index contributed by atoms with van der Waals surface area (Å²) in [4.78, 5) is 35.9. The Morgan fingerprint density at radius 3 is 1.86 bits per heavy atom. The molecule has 0 radical (unpaired) electrons. The molecule has 0 heterocycles. The summed E-state index contributed by atoms with van der Waals surface area (Å²) in [5.41, 5.74) is 0.675. The van der Waals surface area contributed by atoms with Gasteiger partial charge in [-0.3, -0.25) is 9.59 Å². The monoisotopic (exact) mass is 865 g/mol. The molecule has 9 N–H and O–H groups in total. The number of carboxylic acid groups (broad SMARTS) is 1. The number of carbonyl (C=O) groups is 3. The minimum absolute atomic E-state index is 0.0269. The maximum atomic E-state index is 12.2. The van der Waals surface area contributed by atoms with Crippen LogP contribution in [0, 0.1) is 10.7 Å². The molecule has 0 aliphatic carbocycles. The number of aliphatic hydroxyl groups excluding tert-OH is 5. The molecule has 0 saturated carbocycles. The molecule has 0 bridgehead atoms. The number of likely N-dealkylation sites (N-methyl/N-ethyl adjacent to an activating group) is 1. The Hall–Kier alpha value is -0.420. The largest absolute Gasteiger partial charge is 0.478 e. The first-order valence-electron chi connectivity index (χ1n) is 11.2. The van der Waals surface area contributed by atoms with Gasteiger partial charge in [0, 0.05) is 23.6 Å². The van der Waals surface area contributed by atoms with Gasteiger partial charge in [0.15, 0.2) is 0 Å². The summed E-state index contributed by atoms with van der Waals surface area (Å²) < 4.78 is 1.32. The van der Waals surface area contributed by atoms with Gasteiger partial charge in [0.1, 0.15) is 18.3 Å². The highest BCUT2D eigenvalue weighted by Crippen LogP contribution is 2.35. The summed E-state index contributed by atoms with van der Waals surface area (Å²) in [7, 11) is 3.06. The Morgan fingerprint density at radius 2 is 1.41 bits per heavy atom. The van der Waals surface area contributed by atoms with Gasteiger partial charge >= 0.3 is 5.97 Å². The molecule has 0 aliphatic rings. The highest BCUT2D eigenvalue weighted by Gasteiger charge is 2.29. The van der Waals surface area contributed by atoms with Crippen LogP contribution in [0.4, 0.5) is 5.69 Å². The van der Waals surface area contributed by atoms with Gasteiger partial charge in [-0.05, 0) is 81.2 Å². The van der Waals surface area contributed by atoms with Crippen molar-refractivity contribution in [1.82, 2.24) is 10.6 Å². The van der Waals surface area contributed by atoms with E-state index in [0.717, 1.165) is 19.3 Å². The number of rotatable bonds is 13. The summed E-state index contributed by atoms with van der Waals surface area (Å²) in [6.07, 6.45) is -2.54. The minimum Gasteiger partial charge on any atom is -0.478 e. The van der Waals surface area contributed by atoms with Gasteiger partial charge in [-0.1, -0.05) is 19.8 Å². The third-order valence-electron chi connectivity index (χ3n) is 5.00. The van der Waals surface area contributed by atoms with Crippen molar-refractivity contribution < 1.29 is 45.0 Å². The number of aliphatic hydroxyl groups is 5. The lowest BCUT2D eigenvalue weighted by Crippen LogP contribution is -2.48. The molecule has 15 heteroatoms. The predicted molar refractivity (Wildman–Crippen MR) is 163 cm³/mol. The second-order valence-electron chi connectivity index (χ2n) is 7.81. The van der Waals surface area contributed by atoms with Crippen LogP contribution in [0.5, 0.6) is 0 Å². The highest BCUT2D eigenvalue weighted by molar-refractivity contribution is 14.1. The van der Waals surface area contributed by atoms with Gasteiger partial charge < -0.3 is 46.6 Å². The molecular weight excluding hydrogens is 831 g/mol. The third kappa shape index (κ3) is 11.3. The molecule has 0 spiro atoms. The zero-order valence-electron chi connectivity index (χ0n) is 20.6. The van der Waals surface area contributed by atoms with Gasteiger partial charge in [-0.25, -0.2) is 4.79 Å². The van der Waals surface area contributed by atoms with E-state index in [1.54, 1.807) is 7.05 Å². The molecule has 1 aromatic rings. The first-order valence-corrected chi connectivity index (χ1v) is 14.5. The van der Waals surface area contributed by atoms with E-state index in [4.69, 9.17) is 20.4 Å². The van der Waals surface area contributed by atoms with Crippen molar-refractivity contribution >= 4 is 91.2 Å². The number of unbranched alkanes of at least 4 members (excludes halogenated alkanes) is 2. The zero-order valence-corrected chi connectivity index (χ0v) is 27.1. The fourth-order valence-electron chi connectivity index (χ4n) is 2.92. The molecule has 0 fully saturated rings. The summed E-state index contributed by atoms with van der Waals surface area (Å²) in [6.45, 7) is 1.48. The molecule has 0 aliphatic heterocycles. The van der Waals surface area contributed by atoms with E-state index in [2.05, 4.69) is 22.9 Å². The molecule has 1 aromatic carbocycles. The quantitative estimate of drug-likeness (QED) is 0.100. The van der Waals surface area contributed by atoms with E-state index in [-0.39, 0.29) is 29.5 Å². The minimum atomic E-state index is -1.55. The summed E-state index contributed by atoms with van der Waals surface area (Å²) in [5, 5.41) is 62.3. The first-order chi connectivity index (χ1) is 17.3. The first kappa shape index (κ1) is 36.6.